The lowest BCUT2D eigenvalue weighted by atomic mass is 10.1. The average Bonchev–Trinajstić information content (AvgIpc) is 2.96. The van der Waals surface area contributed by atoms with Crippen molar-refractivity contribution in [3.8, 4) is 17.0 Å². The summed E-state index contributed by atoms with van der Waals surface area (Å²) in [5, 5.41) is 2.82. The molecule has 1 aliphatic heterocycles. The SMILES string of the molecule is CN(C)c1ccc(CNC(=O)/C=C\C(=O)N2CCC(Oc3ccc(-c4ccc(N(C)C)cc4)cn3)CC2)cc1. The highest BCUT2D eigenvalue weighted by atomic mass is 16.5. The van der Waals surface area contributed by atoms with Crippen molar-refractivity contribution in [2.75, 3.05) is 51.1 Å². The van der Waals surface area contributed by atoms with Crippen LogP contribution in [0, 0.1) is 0 Å². The number of nitrogens with one attached hydrogen (secondary N) is 1. The number of benzene rings is 2. The zero-order valence-electron chi connectivity index (χ0n) is 23.1. The Labute approximate surface area is 230 Å². The topological polar surface area (TPSA) is 78.0 Å². The number of carbonyl (C=O) groups is 2. The zero-order valence-corrected chi connectivity index (χ0v) is 23.1. The summed E-state index contributed by atoms with van der Waals surface area (Å²) in [6.07, 6.45) is 5.90. The minimum atomic E-state index is -0.290. The third-order valence-corrected chi connectivity index (χ3v) is 6.79. The van der Waals surface area contributed by atoms with E-state index in [4.69, 9.17) is 4.74 Å². The van der Waals surface area contributed by atoms with Gasteiger partial charge in [-0.1, -0.05) is 24.3 Å². The van der Waals surface area contributed by atoms with Crippen LogP contribution in [0.5, 0.6) is 5.88 Å². The lowest BCUT2D eigenvalue weighted by Crippen LogP contribution is -2.41. The molecule has 4 rings (SSSR count). The molecule has 1 fully saturated rings. The van der Waals surface area contributed by atoms with Crippen LogP contribution in [0.25, 0.3) is 11.1 Å². The van der Waals surface area contributed by atoms with E-state index in [1.807, 2.05) is 75.7 Å². The highest BCUT2D eigenvalue weighted by Gasteiger charge is 2.23. The van der Waals surface area contributed by atoms with Crippen molar-refractivity contribution >= 4 is 23.2 Å². The fourth-order valence-corrected chi connectivity index (χ4v) is 4.35. The number of pyridine rings is 1. The first-order chi connectivity index (χ1) is 18.8. The van der Waals surface area contributed by atoms with E-state index in [-0.39, 0.29) is 17.9 Å². The van der Waals surface area contributed by atoms with Gasteiger partial charge in [0.05, 0.1) is 0 Å². The summed E-state index contributed by atoms with van der Waals surface area (Å²) in [6.45, 7) is 1.56. The van der Waals surface area contributed by atoms with Crippen LogP contribution in [0.1, 0.15) is 18.4 Å². The first kappa shape index (κ1) is 27.7. The van der Waals surface area contributed by atoms with Crippen LogP contribution < -0.4 is 19.9 Å². The van der Waals surface area contributed by atoms with Crippen LogP contribution in [0.2, 0.25) is 0 Å². The normalized spacial score (nSPS) is 13.8. The van der Waals surface area contributed by atoms with Crippen molar-refractivity contribution in [1.29, 1.82) is 0 Å². The number of hydrogen-bond acceptors (Lipinski definition) is 6. The molecule has 0 aliphatic carbocycles. The van der Waals surface area contributed by atoms with E-state index in [0.29, 0.717) is 38.4 Å². The number of rotatable bonds is 9. The molecule has 39 heavy (non-hydrogen) atoms. The van der Waals surface area contributed by atoms with E-state index in [0.717, 1.165) is 28.1 Å². The molecule has 204 valence electrons. The molecule has 1 saturated heterocycles. The minimum Gasteiger partial charge on any atom is -0.474 e. The maximum absolute atomic E-state index is 12.6. The van der Waals surface area contributed by atoms with E-state index in [2.05, 4.69) is 39.5 Å². The number of hydrogen-bond donors (Lipinski definition) is 1. The van der Waals surface area contributed by atoms with E-state index >= 15 is 0 Å². The van der Waals surface area contributed by atoms with Crippen molar-refractivity contribution in [2.45, 2.75) is 25.5 Å². The molecule has 1 N–H and O–H groups in total. The molecular formula is C31H37N5O3. The van der Waals surface area contributed by atoms with Crippen LogP contribution in [-0.2, 0) is 16.1 Å². The number of carbonyl (C=O) groups excluding carboxylic acids is 2. The Morgan fingerprint density at radius 2 is 1.46 bits per heavy atom. The van der Waals surface area contributed by atoms with Gasteiger partial charge in [-0.15, -0.1) is 0 Å². The monoisotopic (exact) mass is 527 g/mol. The van der Waals surface area contributed by atoms with Gasteiger partial charge in [-0.05, 0) is 41.5 Å². The molecule has 2 heterocycles. The Bertz CT molecular complexity index is 1260. The Kier molecular flexibility index (Phi) is 9.20. The predicted octanol–water partition coefficient (Wildman–Crippen LogP) is 4.12. The second kappa shape index (κ2) is 13.0. The molecule has 1 aliphatic rings. The fourth-order valence-electron chi connectivity index (χ4n) is 4.35. The van der Waals surface area contributed by atoms with Crippen LogP contribution in [-0.4, -0.2) is 69.1 Å². The Morgan fingerprint density at radius 1 is 0.872 bits per heavy atom. The van der Waals surface area contributed by atoms with E-state index in [1.54, 1.807) is 4.90 Å². The van der Waals surface area contributed by atoms with Gasteiger partial charge in [0.15, 0.2) is 0 Å². The largest absolute Gasteiger partial charge is 0.474 e. The minimum absolute atomic E-state index is 0.00191. The smallest absolute Gasteiger partial charge is 0.246 e. The number of ether oxygens (including phenoxy) is 1. The standard InChI is InChI=1S/C31H37N5O3/c1-34(2)26-10-5-23(6-11-26)21-32-29(37)14-16-31(38)36-19-17-28(18-20-36)39-30-15-9-25(22-33-30)24-7-12-27(13-8-24)35(3)4/h5-16,22,28H,17-21H2,1-4H3,(H,32,37)/b16-14-. The fraction of sp³-hybridized carbons (Fsp3) is 0.323. The van der Waals surface area contributed by atoms with E-state index in [9.17, 15) is 9.59 Å². The molecule has 0 saturated carbocycles. The number of piperidine rings is 1. The number of anilines is 2. The molecule has 8 heteroatoms. The second-order valence-electron chi connectivity index (χ2n) is 10.1. The maximum Gasteiger partial charge on any atom is 0.246 e. The maximum atomic E-state index is 12.6. The molecule has 1 aromatic heterocycles. The average molecular weight is 528 g/mol. The molecule has 2 aromatic carbocycles. The molecule has 0 unspecified atom stereocenters. The van der Waals surface area contributed by atoms with Crippen LogP contribution in [0.15, 0.2) is 79.0 Å². The molecule has 2 amide bonds. The van der Waals surface area contributed by atoms with Crippen molar-refractivity contribution in [3.05, 3.63) is 84.6 Å². The first-order valence-corrected chi connectivity index (χ1v) is 13.2. The lowest BCUT2D eigenvalue weighted by Gasteiger charge is -2.31. The molecule has 0 bridgehead atoms. The van der Waals surface area contributed by atoms with Crippen molar-refractivity contribution in [3.63, 3.8) is 0 Å². The molecule has 0 radical (unpaired) electrons. The number of nitrogens with zero attached hydrogens (tertiary/aromatic N) is 4. The van der Waals surface area contributed by atoms with Crippen molar-refractivity contribution < 1.29 is 14.3 Å². The summed E-state index contributed by atoms with van der Waals surface area (Å²) >= 11 is 0. The van der Waals surface area contributed by atoms with Gasteiger partial charge in [0.1, 0.15) is 6.10 Å². The van der Waals surface area contributed by atoms with Gasteiger partial charge in [0, 0.05) is 102 Å². The van der Waals surface area contributed by atoms with Gasteiger partial charge < -0.3 is 24.8 Å². The van der Waals surface area contributed by atoms with Gasteiger partial charge in [-0.3, -0.25) is 9.59 Å². The van der Waals surface area contributed by atoms with Crippen molar-refractivity contribution in [1.82, 2.24) is 15.2 Å². The Morgan fingerprint density at radius 3 is 2.03 bits per heavy atom. The summed E-state index contributed by atoms with van der Waals surface area (Å²) in [7, 11) is 8.01. The molecule has 0 atom stereocenters. The Hall–Kier alpha value is -4.33. The molecule has 3 aromatic rings. The highest BCUT2D eigenvalue weighted by Crippen LogP contribution is 2.24. The third-order valence-electron chi connectivity index (χ3n) is 6.79. The quantitative estimate of drug-likeness (QED) is 0.422. The van der Waals surface area contributed by atoms with Gasteiger partial charge >= 0.3 is 0 Å². The Balaban J connectivity index is 1.19. The summed E-state index contributed by atoms with van der Waals surface area (Å²) in [5.41, 5.74) is 5.38. The number of amides is 2. The summed E-state index contributed by atoms with van der Waals surface area (Å²) in [5.74, 6) is 0.129. The molecule has 0 spiro atoms. The first-order valence-electron chi connectivity index (χ1n) is 13.2. The van der Waals surface area contributed by atoms with Gasteiger partial charge in [-0.25, -0.2) is 4.98 Å². The van der Waals surface area contributed by atoms with E-state index < -0.39 is 0 Å². The number of aromatic nitrogens is 1. The lowest BCUT2D eigenvalue weighted by molar-refractivity contribution is -0.128. The van der Waals surface area contributed by atoms with E-state index in [1.165, 1.54) is 12.2 Å². The van der Waals surface area contributed by atoms with Crippen molar-refractivity contribution in [2.24, 2.45) is 0 Å². The third kappa shape index (κ3) is 7.83. The summed E-state index contributed by atoms with van der Waals surface area (Å²) in [4.78, 5) is 35.1. The van der Waals surface area contributed by atoms with Gasteiger partial charge in [0.2, 0.25) is 17.7 Å². The molecular weight excluding hydrogens is 490 g/mol. The van der Waals surface area contributed by atoms with Crippen LogP contribution in [0.4, 0.5) is 11.4 Å². The van der Waals surface area contributed by atoms with Gasteiger partial charge in [0.25, 0.3) is 0 Å². The van der Waals surface area contributed by atoms with Crippen LogP contribution >= 0.6 is 0 Å². The predicted molar refractivity (Wildman–Crippen MR) is 156 cm³/mol. The summed E-state index contributed by atoms with van der Waals surface area (Å²) < 4.78 is 6.08. The highest BCUT2D eigenvalue weighted by molar-refractivity contribution is 5.96. The zero-order chi connectivity index (χ0) is 27.8. The molecule has 8 nitrogen and oxygen atoms in total. The second-order valence-corrected chi connectivity index (χ2v) is 10.1. The number of likely N-dealkylation sites (tertiary alicyclic amines) is 1. The van der Waals surface area contributed by atoms with Gasteiger partial charge in [-0.2, -0.15) is 0 Å². The van der Waals surface area contributed by atoms with Crippen LogP contribution in [0.3, 0.4) is 0 Å². The summed E-state index contributed by atoms with van der Waals surface area (Å²) in [6, 6.07) is 20.2.